The molecule has 0 spiro atoms. The maximum absolute atomic E-state index is 3.54. The lowest BCUT2D eigenvalue weighted by molar-refractivity contribution is 0.296. The molecule has 1 fully saturated rings. The third-order valence-corrected chi connectivity index (χ3v) is 4.87. The van der Waals surface area contributed by atoms with Crippen molar-refractivity contribution in [2.75, 3.05) is 7.05 Å². The van der Waals surface area contributed by atoms with E-state index in [9.17, 15) is 0 Å². The summed E-state index contributed by atoms with van der Waals surface area (Å²) in [6, 6.07) is 2.98. The van der Waals surface area contributed by atoms with Gasteiger partial charge in [-0.05, 0) is 60.5 Å². The first-order chi connectivity index (χ1) is 7.81. The summed E-state index contributed by atoms with van der Waals surface area (Å²) < 4.78 is 0. The summed E-state index contributed by atoms with van der Waals surface area (Å²) in [5, 5.41) is 8.01. The fraction of sp³-hybridized carbons (Fsp3) is 0.714. The van der Waals surface area contributed by atoms with Crippen LogP contribution in [-0.2, 0) is 6.42 Å². The Morgan fingerprint density at radius 3 is 2.94 bits per heavy atom. The number of nitrogens with one attached hydrogen (secondary N) is 1. The van der Waals surface area contributed by atoms with Crippen molar-refractivity contribution in [2.24, 2.45) is 11.8 Å². The van der Waals surface area contributed by atoms with Gasteiger partial charge in [0.05, 0.1) is 0 Å². The molecule has 3 atom stereocenters. The minimum Gasteiger partial charge on any atom is -0.317 e. The van der Waals surface area contributed by atoms with Crippen molar-refractivity contribution < 1.29 is 0 Å². The molecule has 90 valence electrons. The molecule has 1 aliphatic rings. The molecule has 1 nitrogen and oxygen atoms in total. The zero-order valence-electron chi connectivity index (χ0n) is 10.4. The van der Waals surface area contributed by atoms with Crippen molar-refractivity contribution in [3.8, 4) is 0 Å². The lowest BCUT2D eigenvalue weighted by atomic mass is 9.87. The number of rotatable bonds is 5. The molecule has 3 unspecified atom stereocenters. The van der Waals surface area contributed by atoms with E-state index in [-0.39, 0.29) is 0 Å². The maximum Gasteiger partial charge on any atom is 0.00980 e. The van der Waals surface area contributed by atoms with Crippen LogP contribution in [0.3, 0.4) is 0 Å². The summed E-state index contributed by atoms with van der Waals surface area (Å²) in [4.78, 5) is 0. The van der Waals surface area contributed by atoms with E-state index in [1.165, 1.54) is 37.7 Å². The van der Waals surface area contributed by atoms with Crippen molar-refractivity contribution in [1.82, 2.24) is 5.32 Å². The van der Waals surface area contributed by atoms with Crippen LogP contribution < -0.4 is 5.32 Å². The Bertz CT molecular complexity index is 294. The molecular weight excluding hydrogens is 214 g/mol. The number of aryl methyl sites for hydroxylation is 1. The Morgan fingerprint density at radius 2 is 2.38 bits per heavy atom. The van der Waals surface area contributed by atoms with Crippen molar-refractivity contribution in [3.63, 3.8) is 0 Å². The topological polar surface area (TPSA) is 12.0 Å². The largest absolute Gasteiger partial charge is 0.317 e. The number of hydrogen-bond acceptors (Lipinski definition) is 2. The van der Waals surface area contributed by atoms with Crippen LogP contribution >= 0.6 is 11.3 Å². The van der Waals surface area contributed by atoms with Gasteiger partial charge in [-0.15, -0.1) is 0 Å². The summed E-state index contributed by atoms with van der Waals surface area (Å²) in [5.41, 5.74) is 1.51. The summed E-state index contributed by atoms with van der Waals surface area (Å²) in [6.07, 6.45) is 6.82. The standard InChI is InChI=1S/C14H23NS/c1-11-4-3-5-13(11)14(15-2)7-6-12-8-9-16-10-12/h8-11,13-15H,3-7H2,1-2H3. The molecule has 0 aromatic carbocycles. The zero-order chi connectivity index (χ0) is 11.4. The Balaban J connectivity index is 1.85. The normalized spacial score (nSPS) is 27.1. The average molecular weight is 237 g/mol. The second kappa shape index (κ2) is 5.83. The van der Waals surface area contributed by atoms with Gasteiger partial charge in [0, 0.05) is 6.04 Å². The van der Waals surface area contributed by atoms with E-state index < -0.39 is 0 Å². The van der Waals surface area contributed by atoms with E-state index in [0.29, 0.717) is 0 Å². The van der Waals surface area contributed by atoms with Crippen molar-refractivity contribution >= 4 is 11.3 Å². The van der Waals surface area contributed by atoms with Crippen LogP contribution in [0.2, 0.25) is 0 Å². The minimum absolute atomic E-state index is 0.720. The molecule has 1 saturated carbocycles. The molecule has 0 aliphatic heterocycles. The smallest absolute Gasteiger partial charge is 0.00980 e. The highest BCUT2D eigenvalue weighted by molar-refractivity contribution is 7.07. The number of hydrogen-bond donors (Lipinski definition) is 1. The SMILES string of the molecule is CNC(CCc1ccsc1)C1CCCC1C. The van der Waals surface area contributed by atoms with Crippen LogP contribution in [0, 0.1) is 11.8 Å². The summed E-state index contributed by atoms with van der Waals surface area (Å²) in [5.74, 6) is 1.82. The molecule has 0 radical (unpaired) electrons. The molecule has 1 aromatic rings. The van der Waals surface area contributed by atoms with Gasteiger partial charge in [0.15, 0.2) is 0 Å². The van der Waals surface area contributed by atoms with Gasteiger partial charge in [0.25, 0.3) is 0 Å². The predicted octanol–water partition coefficient (Wildman–Crippen LogP) is 3.70. The molecule has 1 N–H and O–H groups in total. The summed E-state index contributed by atoms with van der Waals surface area (Å²) >= 11 is 1.81. The van der Waals surface area contributed by atoms with Crippen LogP contribution in [0.5, 0.6) is 0 Å². The highest BCUT2D eigenvalue weighted by atomic mass is 32.1. The molecule has 2 heteroatoms. The molecule has 2 rings (SSSR count). The highest BCUT2D eigenvalue weighted by Crippen LogP contribution is 2.34. The fourth-order valence-corrected chi connectivity index (χ4v) is 3.80. The average Bonchev–Trinajstić information content (AvgIpc) is 2.92. The van der Waals surface area contributed by atoms with E-state index in [2.05, 4.69) is 36.1 Å². The van der Waals surface area contributed by atoms with Gasteiger partial charge in [0.1, 0.15) is 0 Å². The van der Waals surface area contributed by atoms with Gasteiger partial charge >= 0.3 is 0 Å². The summed E-state index contributed by atoms with van der Waals surface area (Å²) in [6.45, 7) is 2.42. The monoisotopic (exact) mass is 237 g/mol. The minimum atomic E-state index is 0.720. The van der Waals surface area contributed by atoms with Gasteiger partial charge in [-0.3, -0.25) is 0 Å². The van der Waals surface area contributed by atoms with Gasteiger partial charge in [-0.25, -0.2) is 0 Å². The van der Waals surface area contributed by atoms with Gasteiger partial charge in [-0.1, -0.05) is 19.8 Å². The van der Waals surface area contributed by atoms with E-state index >= 15 is 0 Å². The molecular formula is C14H23NS. The second-order valence-corrected chi connectivity index (χ2v) is 5.92. The van der Waals surface area contributed by atoms with Crippen LogP contribution in [-0.4, -0.2) is 13.1 Å². The van der Waals surface area contributed by atoms with Crippen molar-refractivity contribution in [2.45, 2.75) is 45.1 Å². The van der Waals surface area contributed by atoms with Gasteiger partial charge in [-0.2, -0.15) is 11.3 Å². The maximum atomic E-state index is 3.54. The Labute approximate surface area is 103 Å². The molecule has 1 aromatic heterocycles. The molecule has 1 aliphatic carbocycles. The Kier molecular flexibility index (Phi) is 4.42. The zero-order valence-corrected chi connectivity index (χ0v) is 11.2. The fourth-order valence-electron chi connectivity index (χ4n) is 3.10. The van der Waals surface area contributed by atoms with E-state index in [1.54, 1.807) is 0 Å². The molecule has 0 amide bonds. The first kappa shape index (κ1) is 12.1. The first-order valence-corrected chi connectivity index (χ1v) is 7.44. The lowest BCUT2D eigenvalue weighted by Gasteiger charge is -2.26. The predicted molar refractivity (Wildman–Crippen MR) is 72.0 cm³/mol. The second-order valence-electron chi connectivity index (χ2n) is 5.14. The third kappa shape index (κ3) is 2.86. The van der Waals surface area contributed by atoms with E-state index in [0.717, 1.165) is 17.9 Å². The van der Waals surface area contributed by atoms with Crippen molar-refractivity contribution in [1.29, 1.82) is 0 Å². The summed E-state index contributed by atoms with van der Waals surface area (Å²) in [7, 11) is 2.13. The molecule has 16 heavy (non-hydrogen) atoms. The first-order valence-electron chi connectivity index (χ1n) is 6.49. The third-order valence-electron chi connectivity index (χ3n) is 4.14. The Hall–Kier alpha value is -0.340. The van der Waals surface area contributed by atoms with Crippen LogP contribution in [0.25, 0.3) is 0 Å². The quantitative estimate of drug-likeness (QED) is 0.823. The van der Waals surface area contributed by atoms with E-state index in [1.807, 2.05) is 11.3 Å². The van der Waals surface area contributed by atoms with Crippen molar-refractivity contribution in [3.05, 3.63) is 22.4 Å². The van der Waals surface area contributed by atoms with Gasteiger partial charge in [0.2, 0.25) is 0 Å². The van der Waals surface area contributed by atoms with Gasteiger partial charge < -0.3 is 5.32 Å². The Morgan fingerprint density at radius 1 is 1.50 bits per heavy atom. The molecule has 0 bridgehead atoms. The lowest BCUT2D eigenvalue weighted by Crippen LogP contribution is -2.35. The molecule has 1 heterocycles. The van der Waals surface area contributed by atoms with E-state index in [4.69, 9.17) is 0 Å². The van der Waals surface area contributed by atoms with Crippen LogP contribution in [0.15, 0.2) is 16.8 Å². The van der Waals surface area contributed by atoms with Crippen LogP contribution in [0.1, 0.15) is 38.2 Å². The highest BCUT2D eigenvalue weighted by Gasteiger charge is 2.29. The molecule has 0 saturated heterocycles. The van der Waals surface area contributed by atoms with Crippen LogP contribution in [0.4, 0.5) is 0 Å². The number of thiophene rings is 1.